The Morgan fingerprint density at radius 2 is 1.92 bits per heavy atom. The van der Waals surface area contributed by atoms with Crippen molar-refractivity contribution in [3.8, 4) is 11.4 Å². The monoisotopic (exact) mass is 385 g/mol. The molecule has 2 aromatic carbocycles. The zero-order valence-electron chi connectivity index (χ0n) is 14.2. The number of nitrogens with zero attached hydrogens (tertiary/aromatic N) is 1. The Morgan fingerprint density at radius 3 is 2.62 bits per heavy atom. The molecule has 0 fully saturated rings. The standard InChI is InChI=1S/C20H16ClNO3S/c1-13(23)25-20(14-5-8-16(24-2)9-6-14)19-4-3-11-22(19)17-12-15(21)7-10-18(17)26-20/h3-12H,1-2H3. The Balaban J connectivity index is 1.95. The molecule has 0 amide bonds. The van der Waals surface area contributed by atoms with Crippen LogP contribution in [-0.4, -0.2) is 17.6 Å². The summed E-state index contributed by atoms with van der Waals surface area (Å²) in [5, 5.41) is 0.661. The normalized spacial score (nSPS) is 18.0. The van der Waals surface area contributed by atoms with Crippen molar-refractivity contribution in [3.63, 3.8) is 0 Å². The molecule has 3 aromatic rings. The van der Waals surface area contributed by atoms with Crippen LogP contribution in [0.1, 0.15) is 18.2 Å². The van der Waals surface area contributed by atoms with Gasteiger partial charge >= 0.3 is 5.97 Å². The van der Waals surface area contributed by atoms with Crippen molar-refractivity contribution in [1.29, 1.82) is 0 Å². The molecule has 1 aliphatic rings. The summed E-state index contributed by atoms with van der Waals surface area (Å²) in [6, 6.07) is 17.2. The van der Waals surface area contributed by atoms with Gasteiger partial charge in [0, 0.05) is 28.6 Å². The van der Waals surface area contributed by atoms with E-state index in [4.69, 9.17) is 21.1 Å². The van der Waals surface area contributed by atoms with Gasteiger partial charge in [0.25, 0.3) is 0 Å². The van der Waals surface area contributed by atoms with E-state index < -0.39 is 4.93 Å². The first-order valence-electron chi connectivity index (χ1n) is 8.04. The third-order valence-electron chi connectivity index (χ3n) is 4.28. The molecule has 132 valence electrons. The van der Waals surface area contributed by atoms with E-state index in [-0.39, 0.29) is 5.97 Å². The molecule has 2 heterocycles. The van der Waals surface area contributed by atoms with Crippen molar-refractivity contribution in [2.75, 3.05) is 7.11 Å². The first-order valence-corrected chi connectivity index (χ1v) is 9.24. The molecule has 0 aliphatic carbocycles. The van der Waals surface area contributed by atoms with Crippen molar-refractivity contribution >= 4 is 29.3 Å². The zero-order valence-corrected chi connectivity index (χ0v) is 15.8. The van der Waals surface area contributed by atoms with E-state index in [1.54, 1.807) is 7.11 Å². The Labute approximate surface area is 160 Å². The van der Waals surface area contributed by atoms with Gasteiger partial charge in [0.05, 0.1) is 18.5 Å². The summed E-state index contributed by atoms with van der Waals surface area (Å²) in [5.41, 5.74) is 2.69. The first kappa shape index (κ1) is 17.1. The van der Waals surface area contributed by atoms with Crippen LogP contribution in [0, 0.1) is 0 Å². The summed E-state index contributed by atoms with van der Waals surface area (Å²) in [6.45, 7) is 1.43. The molecule has 0 bridgehead atoms. The number of benzene rings is 2. The second-order valence-corrected chi connectivity index (χ2v) is 7.57. The summed E-state index contributed by atoms with van der Waals surface area (Å²) in [7, 11) is 1.62. The molecule has 4 nitrogen and oxygen atoms in total. The van der Waals surface area contributed by atoms with Gasteiger partial charge in [-0.05, 0) is 42.5 Å². The lowest BCUT2D eigenvalue weighted by Crippen LogP contribution is -2.34. The van der Waals surface area contributed by atoms with Crippen LogP contribution < -0.4 is 4.74 Å². The predicted octanol–water partition coefficient (Wildman–Crippen LogP) is 5.01. The summed E-state index contributed by atoms with van der Waals surface area (Å²) in [4.78, 5) is 12.0. The van der Waals surface area contributed by atoms with Crippen molar-refractivity contribution in [1.82, 2.24) is 4.57 Å². The number of carbonyl (C=O) groups excluding carboxylic acids is 1. The predicted molar refractivity (Wildman–Crippen MR) is 102 cm³/mol. The van der Waals surface area contributed by atoms with Gasteiger partial charge in [-0.25, -0.2) is 0 Å². The number of aromatic nitrogens is 1. The van der Waals surface area contributed by atoms with Crippen molar-refractivity contribution < 1.29 is 14.3 Å². The van der Waals surface area contributed by atoms with Crippen LogP contribution in [0.2, 0.25) is 5.02 Å². The first-order chi connectivity index (χ1) is 12.5. The van der Waals surface area contributed by atoms with Crippen LogP contribution in [-0.2, 0) is 14.5 Å². The average molecular weight is 386 g/mol. The minimum absolute atomic E-state index is 0.349. The van der Waals surface area contributed by atoms with Crippen molar-refractivity contribution in [2.45, 2.75) is 16.8 Å². The molecule has 0 saturated carbocycles. The van der Waals surface area contributed by atoms with E-state index in [1.165, 1.54) is 18.7 Å². The molecule has 0 N–H and O–H groups in total. The fraction of sp³-hybridized carbons (Fsp3) is 0.150. The molecule has 1 aliphatic heterocycles. The number of rotatable bonds is 3. The summed E-state index contributed by atoms with van der Waals surface area (Å²) < 4.78 is 13.2. The zero-order chi connectivity index (χ0) is 18.3. The Kier molecular flexibility index (Phi) is 4.21. The number of esters is 1. The number of hydrogen-bond acceptors (Lipinski definition) is 4. The van der Waals surface area contributed by atoms with E-state index in [0.717, 1.165) is 27.6 Å². The lowest BCUT2D eigenvalue weighted by molar-refractivity contribution is -0.147. The second-order valence-electron chi connectivity index (χ2n) is 5.92. The largest absolute Gasteiger partial charge is 0.497 e. The van der Waals surface area contributed by atoms with Crippen LogP contribution in [0.3, 0.4) is 0 Å². The maximum Gasteiger partial charge on any atom is 0.304 e. The molecule has 26 heavy (non-hydrogen) atoms. The highest BCUT2D eigenvalue weighted by Gasteiger charge is 2.45. The number of ether oxygens (including phenoxy) is 2. The molecule has 0 spiro atoms. The van der Waals surface area contributed by atoms with Crippen LogP contribution in [0.15, 0.2) is 65.7 Å². The fourth-order valence-electron chi connectivity index (χ4n) is 3.18. The Hall–Kier alpha value is -2.37. The highest BCUT2D eigenvalue weighted by Crippen LogP contribution is 2.53. The van der Waals surface area contributed by atoms with E-state index >= 15 is 0 Å². The third-order valence-corrected chi connectivity index (χ3v) is 5.89. The number of hydrogen-bond donors (Lipinski definition) is 0. The molecule has 1 atom stereocenters. The maximum absolute atomic E-state index is 12.0. The van der Waals surface area contributed by atoms with E-state index in [9.17, 15) is 4.79 Å². The molecular weight excluding hydrogens is 370 g/mol. The summed E-state index contributed by atoms with van der Waals surface area (Å²) in [5.74, 6) is 0.397. The summed E-state index contributed by atoms with van der Waals surface area (Å²) >= 11 is 7.69. The lowest BCUT2D eigenvalue weighted by Gasteiger charge is -2.38. The SMILES string of the molecule is COc1ccc(C2(OC(C)=O)Sc3ccc(Cl)cc3-n3cccc32)cc1. The van der Waals surface area contributed by atoms with Gasteiger partial charge in [-0.15, -0.1) is 0 Å². The average Bonchev–Trinajstić information content (AvgIpc) is 3.13. The number of fused-ring (bicyclic) bond motifs is 3. The number of halogens is 1. The molecular formula is C20H16ClNO3S. The Morgan fingerprint density at radius 1 is 1.15 bits per heavy atom. The van der Waals surface area contributed by atoms with Crippen molar-refractivity contribution in [2.24, 2.45) is 0 Å². The van der Waals surface area contributed by atoms with Crippen molar-refractivity contribution in [3.05, 3.63) is 77.1 Å². The highest BCUT2D eigenvalue weighted by molar-refractivity contribution is 8.00. The Bertz CT molecular complexity index is 983. The molecule has 6 heteroatoms. The number of carbonyl (C=O) groups is 1. The molecule has 0 saturated heterocycles. The van der Waals surface area contributed by atoms with Gasteiger partial charge in [-0.3, -0.25) is 4.79 Å². The third kappa shape index (κ3) is 2.68. The highest BCUT2D eigenvalue weighted by atomic mass is 35.5. The molecule has 0 radical (unpaired) electrons. The minimum Gasteiger partial charge on any atom is -0.497 e. The smallest absolute Gasteiger partial charge is 0.304 e. The second kappa shape index (κ2) is 6.41. The molecule has 1 aromatic heterocycles. The quantitative estimate of drug-likeness (QED) is 0.594. The van der Waals surface area contributed by atoms with Crippen LogP contribution in [0.5, 0.6) is 5.75 Å². The van der Waals surface area contributed by atoms with Crippen LogP contribution in [0.4, 0.5) is 0 Å². The van der Waals surface area contributed by atoms with Crippen LogP contribution >= 0.6 is 23.4 Å². The minimum atomic E-state index is -0.984. The van der Waals surface area contributed by atoms with Gasteiger partial charge in [0.1, 0.15) is 5.75 Å². The van der Waals surface area contributed by atoms with E-state index in [0.29, 0.717) is 5.02 Å². The van der Waals surface area contributed by atoms with E-state index in [2.05, 4.69) is 0 Å². The molecule has 4 rings (SSSR count). The fourth-order valence-corrected chi connectivity index (χ4v) is 4.74. The maximum atomic E-state index is 12.0. The van der Waals surface area contributed by atoms with Gasteiger partial charge in [-0.1, -0.05) is 35.5 Å². The lowest BCUT2D eigenvalue weighted by atomic mass is 10.0. The van der Waals surface area contributed by atoms with Gasteiger partial charge in [0.15, 0.2) is 0 Å². The molecule has 1 unspecified atom stereocenters. The topological polar surface area (TPSA) is 40.5 Å². The summed E-state index contributed by atoms with van der Waals surface area (Å²) in [6.07, 6.45) is 1.95. The van der Waals surface area contributed by atoms with E-state index in [1.807, 2.05) is 65.4 Å². The van der Waals surface area contributed by atoms with Gasteiger partial charge < -0.3 is 14.0 Å². The number of thioether (sulfide) groups is 1. The number of methoxy groups -OCH3 is 1. The van der Waals surface area contributed by atoms with Crippen LogP contribution in [0.25, 0.3) is 5.69 Å². The van der Waals surface area contributed by atoms with Gasteiger partial charge in [0.2, 0.25) is 4.93 Å². The van der Waals surface area contributed by atoms with Gasteiger partial charge in [-0.2, -0.15) is 0 Å².